The molecule has 0 bridgehead atoms. The summed E-state index contributed by atoms with van der Waals surface area (Å²) in [6.07, 6.45) is 4.22. The van der Waals surface area contributed by atoms with Gasteiger partial charge in [-0.25, -0.2) is 0 Å². The Bertz CT molecular complexity index is 1040. The summed E-state index contributed by atoms with van der Waals surface area (Å²) in [5.74, 6) is -0.515. The first-order valence-electron chi connectivity index (χ1n) is 9.59. The summed E-state index contributed by atoms with van der Waals surface area (Å²) >= 11 is 12.4. The molecule has 2 heterocycles. The van der Waals surface area contributed by atoms with E-state index in [0.717, 1.165) is 28.9 Å². The van der Waals surface area contributed by atoms with Crippen molar-refractivity contribution in [3.05, 3.63) is 39.5 Å². The third-order valence-corrected chi connectivity index (χ3v) is 8.24. The van der Waals surface area contributed by atoms with Crippen molar-refractivity contribution >= 4 is 45.0 Å². The highest BCUT2D eigenvalue weighted by Crippen LogP contribution is 2.37. The van der Waals surface area contributed by atoms with Gasteiger partial charge in [0.25, 0.3) is 10.0 Å². The molecule has 0 spiro atoms. The summed E-state index contributed by atoms with van der Waals surface area (Å²) < 4.78 is 27.9. The lowest BCUT2D eigenvalue weighted by Gasteiger charge is -2.31. The van der Waals surface area contributed by atoms with Gasteiger partial charge in [-0.05, 0) is 50.7 Å². The molecule has 1 fully saturated rings. The third kappa shape index (κ3) is 3.62. The van der Waals surface area contributed by atoms with Gasteiger partial charge in [0.05, 0.1) is 21.7 Å². The number of nitrogens with zero attached hydrogens (tertiary/aromatic N) is 3. The van der Waals surface area contributed by atoms with Crippen molar-refractivity contribution in [2.24, 2.45) is 5.92 Å². The molecule has 10 heteroatoms. The van der Waals surface area contributed by atoms with Gasteiger partial charge in [0.2, 0.25) is 0 Å². The Morgan fingerprint density at radius 2 is 1.72 bits per heavy atom. The van der Waals surface area contributed by atoms with Gasteiger partial charge < -0.3 is 10.0 Å². The highest BCUT2D eigenvalue weighted by Gasteiger charge is 2.34. The minimum Gasteiger partial charge on any atom is -0.481 e. The van der Waals surface area contributed by atoms with Crippen LogP contribution in [0.2, 0.25) is 10.0 Å². The number of carboxylic acids is 1. The molecular weight excluding hydrogens is 437 g/mol. The molecule has 0 amide bonds. The first-order chi connectivity index (χ1) is 13.8. The summed E-state index contributed by atoms with van der Waals surface area (Å²) in [5.41, 5.74) is 1.60. The predicted molar refractivity (Wildman–Crippen MR) is 110 cm³/mol. The van der Waals surface area contributed by atoms with Crippen LogP contribution in [-0.4, -0.2) is 41.8 Å². The van der Waals surface area contributed by atoms with E-state index in [-0.39, 0.29) is 20.9 Å². The number of hydrogen-bond donors (Lipinski definition) is 1. The highest BCUT2D eigenvalue weighted by molar-refractivity contribution is 7.90. The number of anilines is 1. The Morgan fingerprint density at radius 3 is 2.34 bits per heavy atom. The summed E-state index contributed by atoms with van der Waals surface area (Å²) in [7, 11) is -4.06. The molecule has 1 aromatic carbocycles. The lowest BCUT2D eigenvalue weighted by atomic mass is 9.94. The van der Waals surface area contributed by atoms with Crippen LogP contribution in [-0.2, 0) is 27.7 Å². The van der Waals surface area contributed by atoms with E-state index in [9.17, 15) is 18.3 Å². The zero-order valence-corrected chi connectivity index (χ0v) is 18.0. The number of hydrogen-bond acceptors (Lipinski definition) is 5. The van der Waals surface area contributed by atoms with Gasteiger partial charge in [-0.15, -0.1) is 5.10 Å². The van der Waals surface area contributed by atoms with Crippen LogP contribution in [0.25, 0.3) is 0 Å². The fraction of sp³-hybridized carbons (Fsp3) is 0.474. The smallest absolute Gasteiger partial charge is 0.306 e. The average Bonchev–Trinajstić information content (AvgIpc) is 3.08. The molecule has 2 aliphatic rings. The fourth-order valence-corrected chi connectivity index (χ4v) is 6.62. The molecule has 0 atom stereocenters. The average molecular weight is 458 g/mol. The Hall–Kier alpha value is -1.77. The van der Waals surface area contributed by atoms with Gasteiger partial charge in [0.1, 0.15) is 4.90 Å². The Kier molecular flexibility index (Phi) is 5.52. The summed E-state index contributed by atoms with van der Waals surface area (Å²) in [6.45, 7) is 1.07. The van der Waals surface area contributed by atoms with Gasteiger partial charge >= 0.3 is 5.97 Å². The molecule has 7 nitrogen and oxygen atoms in total. The molecule has 156 valence electrons. The Labute approximate surface area is 179 Å². The monoisotopic (exact) mass is 457 g/mol. The van der Waals surface area contributed by atoms with E-state index >= 15 is 0 Å². The maximum Gasteiger partial charge on any atom is 0.306 e. The van der Waals surface area contributed by atoms with Crippen LogP contribution in [0.3, 0.4) is 0 Å². The topological polar surface area (TPSA) is 92.5 Å². The second-order valence-corrected chi connectivity index (χ2v) is 9.97. The summed E-state index contributed by atoms with van der Waals surface area (Å²) in [4.78, 5) is 13.1. The lowest BCUT2D eigenvalue weighted by molar-refractivity contribution is -0.142. The van der Waals surface area contributed by atoms with Gasteiger partial charge in [-0.3, -0.25) is 4.79 Å². The van der Waals surface area contributed by atoms with Crippen molar-refractivity contribution in [2.75, 3.05) is 18.0 Å². The predicted octanol–water partition coefficient (Wildman–Crippen LogP) is 3.61. The van der Waals surface area contributed by atoms with Gasteiger partial charge in [0.15, 0.2) is 5.82 Å². The zero-order valence-electron chi connectivity index (χ0n) is 15.6. The first kappa shape index (κ1) is 20.5. The van der Waals surface area contributed by atoms with Crippen molar-refractivity contribution < 1.29 is 18.3 Å². The van der Waals surface area contributed by atoms with Crippen LogP contribution in [0.5, 0.6) is 0 Å². The first-order valence-corrected chi connectivity index (χ1v) is 11.8. The standard InChI is InChI=1S/C19H21Cl2N3O4S/c20-14-5-3-6-15(21)17(14)29(27,28)24-16-7-2-1-4-13(16)18(22-24)23-10-8-12(9-11-23)19(25)26/h3,5-6,12H,1-2,4,7-11H2,(H,25,26). The van der Waals surface area contributed by atoms with Crippen LogP contribution in [0.1, 0.15) is 36.9 Å². The second kappa shape index (κ2) is 7.81. The van der Waals surface area contributed by atoms with E-state index in [1.807, 2.05) is 4.90 Å². The Morgan fingerprint density at radius 1 is 1.10 bits per heavy atom. The maximum absolute atomic E-state index is 13.4. The van der Waals surface area contributed by atoms with Gasteiger partial charge in [-0.2, -0.15) is 12.5 Å². The van der Waals surface area contributed by atoms with Crippen LogP contribution in [0.15, 0.2) is 23.1 Å². The van der Waals surface area contributed by atoms with E-state index in [0.29, 0.717) is 43.9 Å². The second-order valence-electron chi connectivity index (χ2n) is 7.45. The normalized spacial score (nSPS) is 17.9. The van der Waals surface area contributed by atoms with Crippen molar-refractivity contribution in [3.63, 3.8) is 0 Å². The van der Waals surface area contributed by atoms with Crippen LogP contribution < -0.4 is 4.90 Å². The third-order valence-electron chi connectivity index (χ3n) is 5.67. The number of piperidine rings is 1. The van der Waals surface area contributed by atoms with Crippen molar-refractivity contribution in [3.8, 4) is 0 Å². The van der Waals surface area contributed by atoms with Gasteiger partial charge in [0, 0.05) is 18.7 Å². The SMILES string of the molecule is O=C(O)C1CCN(c2nn(S(=O)(=O)c3c(Cl)cccc3Cl)c3c2CCCC3)CC1. The van der Waals surface area contributed by atoms with Gasteiger partial charge in [-0.1, -0.05) is 29.3 Å². The van der Waals surface area contributed by atoms with Crippen molar-refractivity contribution in [2.45, 2.75) is 43.4 Å². The van der Waals surface area contributed by atoms with E-state index < -0.39 is 16.0 Å². The highest BCUT2D eigenvalue weighted by atomic mass is 35.5. The molecule has 1 aromatic heterocycles. The molecule has 4 rings (SSSR count). The maximum atomic E-state index is 13.4. The largest absolute Gasteiger partial charge is 0.481 e. The van der Waals surface area contributed by atoms with E-state index in [4.69, 9.17) is 23.2 Å². The van der Waals surface area contributed by atoms with E-state index in [1.54, 1.807) is 6.07 Å². The molecule has 1 aliphatic heterocycles. The number of aliphatic carboxylic acids is 1. The molecule has 0 saturated carbocycles. The number of halogens is 2. The molecule has 29 heavy (non-hydrogen) atoms. The molecule has 1 saturated heterocycles. The summed E-state index contributed by atoms with van der Waals surface area (Å²) in [5, 5.41) is 13.9. The van der Waals surface area contributed by atoms with Crippen LogP contribution >= 0.6 is 23.2 Å². The van der Waals surface area contributed by atoms with E-state index in [1.165, 1.54) is 12.1 Å². The number of rotatable bonds is 4. The molecule has 1 aliphatic carbocycles. The minimum absolute atomic E-state index is 0.0568. The van der Waals surface area contributed by atoms with Crippen LogP contribution in [0.4, 0.5) is 5.82 Å². The molecule has 2 aromatic rings. The number of carbonyl (C=O) groups is 1. The van der Waals surface area contributed by atoms with Crippen molar-refractivity contribution in [1.29, 1.82) is 0 Å². The molecule has 1 N–H and O–H groups in total. The quantitative estimate of drug-likeness (QED) is 0.753. The fourth-order valence-electron chi connectivity index (χ4n) is 4.15. The lowest BCUT2D eigenvalue weighted by Crippen LogP contribution is -2.37. The number of fused-ring (bicyclic) bond motifs is 1. The minimum atomic E-state index is -4.06. The zero-order chi connectivity index (χ0) is 20.8. The number of benzene rings is 1. The molecule has 0 unspecified atom stereocenters. The van der Waals surface area contributed by atoms with Crippen molar-refractivity contribution in [1.82, 2.24) is 9.19 Å². The molecular formula is C19H21Cl2N3O4S. The Balaban J connectivity index is 1.77. The van der Waals surface area contributed by atoms with E-state index in [2.05, 4.69) is 5.10 Å². The number of carboxylic acid groups (broad SMARTS) is 1. The molecule has 0 radical (unpaired) electrons. The number of aromatic nitrogens is 2. The van der Waals surface area contributed by atoms with Crippen LogP contribution in [0, 0.1) is 5.92 Å². The summed E-state index contributed by atoms with van der Waals surface area (Å²) in [6, 6.07) is 4.59.